The van der Waals surface area contributed by atoms with Crippen LogP contribution in [0.25, 0.3) is 86.6 Å². The Morgan fingerprint density at radius 3 is 1.71 bits per heavy atom. The summed E-state index contributed by atoms with van der Waals surface area (Å²) in [5.41, 5.74) is 12.2. The minimum atomic E-state index is -1.28. The Morgan fingerprint density at radius 1 is 0.723 bits per heavy atom. The molecule has 332 valence electrons. The van der Waals surface area contributed by atoms with Gasteiger partial charge in [0.25, 0.3) is 0 Å². The van der Waals surface area contributed by atoms with E-state index >= 15 is 0 Å². The fourth-order valence-electron chi connectivity index (χ4n) is 9.95. The number of ether oxygens (including phenoxy) is 1. The average Bonchev–Trinajstić information content (AvgIpc) is 3.79. The van der Waals surface area contributed by atoms with Crippen LogP contribution in [0, 0.1) is 13.8 Å². The summed E-state index contributed by atoms with van der Waals surface area (Å²) in [7, 11) is -0.263. The number of aliphatic hydroxyl groups excluding tert-OH is 2. The van der Waals surface area contributed by atoms with E-state index in [2.05, 4.69) is 15.0 Å². The van der Waals surface area contributed by atoms with E-state index in [-0.39, 0.29) is 66.2 Å². The first-order chi connectivity index (χ1) is 30.8. The van der Waals surface area contributed by atoms with E-state index < -0.39 is 81.9 Å². The number of nitrogen functional groups attached to an aromatic ring is 1. The molecule has 2 unspecified atom stereocenters. The van der Waals surface area contributed by atoms with Crippen molar-refractivity contribution in [2.75, 3.05) is 23.5 Å². The Hall–Kier alpha value is -7.23. The zero-order valence-corrected chi connectivity index (χ0v) is 35.3. The third-order valence-electron chi connectivity index (χ3n) is 12.8. The molecule has 1 fully saturated rings. The topological polar surface area (TPSA) is 341 Å². The van der Waals surface area contributed by atoms with Gasteiger partial charge in [-0.2, -0.15) is 0 Å². The van der Waals surface area contributed by atoms with Gasteiger partial charge in [0, 0.05) is 67.7 Å². The van der Waals surface area contributed by atoms with Crippen molar-refractivity contribution in [1.82, 2.24) is 19.5 Å². The molecule has 0 saturated carbocycles. The number of aromatic nitrogens is 4. The van der Waals surface area contributed by atoms with Gasteiger partial charge in [0.2, 0.25) is 0 Å². The van der Waals surface area contributed by atoms with E-state index in [9.17, 15) is 60.3 Å². The van der Waals surface area contributed by atoms with Crippen molar-refractivity contribution in [1.29, 1.82) is 0 Å². The monoisotopic (exact) mass is 902 g/mol. The second-order valence-electron chi connectivity index (χ2n) is 16.7. The lowest BCUT2D eigenvalue weighted by Crippen LogP contribution is -2.43. The van der Waals surface area contributed by atoms with Crippen LogP contribution in [0.5, 0.6) is 34.5 Å². The smallest absolute Gasteiger partial charge is 0.190 e. The number of phenols is 6. The number of aliphatic hydroxyl groups is 2. The van der Waals surface area contributed by atoms with Gasteiger partial charge in [-0.25, -0.2) is 15.0 Å². The van der Waals surface area contributed by atoms with Gasteiger partial charge in [0.15, 0.2) is 28.6 Å². The van der Waals surface area contributed by atoms with Crippen molar-refractivity contribution >= 4 is 109 Å². The molecule has 19 nitrogen and oxygen atoms in total. The molecule has 8 aromatic carbocycles. The minimum absolute atomic E-state index is 0.0431. The van der Waals surface area contributed by atoms with Gasteiger partial charge >= 0.3 is 0 Å². The van der Waals surface area contributed by atoms with Gasteiger partial charge < -0.3 is 67.0 Å². The molecule has 1 aliphatic heterocycles. The predicted octanol–water partition coefficient (Wildman–Crippen LogP) is 1.82. The van der Waals surface area contributed by atoms with Crippen molar-refractivity contribution in [2.45, 2.75) is 50.8 Å². The Bertz CT molecular complexity index is 3580. The largest absolute Gasteiger partial charge is 0.548 e. The fourth-order valence-corrected chi connectivity index (χ4v) is 11.6. The first-order valence-corrected chi connectivity index (χ1v) is 22.1. The maximum atomic E-state index is 13.4. The van der Waals surface area contributed by atoms with E-state index in [1.54, 1.807) is 13.8 Å². The molecule has 0 radical (unpaired) electrons. The number of nitrogens with two attached hydrogens (primary N) is 2. The molecule has 12 N–H and O–H groups in total. The fraction of sp³-hybridized carbons (Fsp3) is 0.244. The van der Waals surface area contributed by atoms with E-state index in [1.807, 2.05) is 6.26 Å². The van der Waals surface area contributed by atoms with Crippen molar-refractivity contribution in [3.63, 3.8) is 0 Å². The van der Waals surface area contributed by atoms with E-state index in [0.717, 1.165) is 12.1 Å². The third kappa shape index (κ3) is 5.71. The molecule has 6 atom stereocenters. The molecule has 3 heterocycles. The van der Waals surface area contributed by atoms with Crippen LogP contribution in [-0.4, -0.2) is 108 Å². The number of imidazole rings is 1. The first kappa shape index (κ1) is 41.8. The van der Waals surface area contributed by atoms with Crippen molar-refractivity contribution in [2.24, 2.45) is 5.73 Å². The predicted molar refractivity (Wildman–Crippen MR) is 242 cm³/mol. The van der Waals surface area contributed by atoms with Crippen LogP contribution in [0.15, 0.2) is 46.5 Å². The quantitative estimate of drug-likeness (QED) is 0.0619. The van der Waals surface area contributed by atoms with Gasteiger partial charge in [-0.1, -0.05) is 0 Å². The van der Waals surface area contributed by atoms with Crippen LogP contribution in [0.2, 0.25) is 0 Å². The lowest BCUT2D eigenvalue weighted by atomic mass is 9.78. The molecule has 1 saturated heterocycles. The normalized spacial score (nSPS) is 19.0. The number of carboxylic acid groups (broad SMARTS) is 1. The summed E-state index contributed by atoms with van der Waals surface area (Å²) in [6, 6.07) is 3.75. The van der Waals surface area contributed by atoms with Crippen LogP contribution in [0.4, 0.5) is 5.82 Å². The Kier molecular flexibility index (Phi) is 9.25. The number of carbonyl (C=O) groups excluding carboxylic acids is 1. The number of hydrogen-bond acceptors (Lipinski definition) is 18. The van der Waals surface area contributed by atoms with E-state index in [4.69, 9.17) is 16.2 Å². The lowest BCUT2D eigenvalue weighted by molar-refractivity contribution is -0.307. The Morgan fingerprint density at radius 2 is 1.20 bits per heavy atom. The number of benzene rings is 8. The molecule has 0 spiro atoms. The molecular formula is C45H38N6O13S. The highest BCUT2D eigenvalue weighted by molar-refractivity contribution is 7.96. The summed E-state index contributed by atoms with van der Waals surface area (Å²) in [5, 5.41) is 101. The second-order valence-corrected chi connectivity index (χ2v) is 19.0. The number of rotatable bonds is 7. The van der Waals surface area contributed by atoms with Gasteiger partial charge in [-0.3, -0.25) is 14.2 Å². The number of nitrogens with zero attached hydrogens (tertiary/aromatic N) is 4. The van der Waals surface area contributed by atoms with Gasteiger partial charge in [0.05, 0.1) is 40.1 Å². The highest BCUT2D eigenvalue weighted by Gasteiger charge is 2.46. The first-order valence-electron chi connectivity index (χ1n) is 20.1. The maximum Gasteiger partial charge on any atom is 0.190 e. The van der Waals surface area contributed by atoms with Gasteiger partial charge in [0.1, 0.15) is 76.2 Å². The Labute approximate surface area is 366 Å². The number of aromatic hydroxyl groups is 6. The number of phenolic OH excluding ortho intramolecular Hbond substituents is 6. The van der Waals surface area contributed by atoms with Crippen molar-refractivity contribution < 1.29 is 55.5 Å². The van der Waals surface area contributed by atoms with Crippen LogP contribution in [-0.2, 0) is 20.4 Å². The average molecular weight is 903 g/mol. The lowest BCUT2D eigenvalue weighted by Gasteiger charge is -2.25. The van der Waals surface area contributed by atoms with Gasteiger partial charge in [-0.15, -0.1) is 0 Å². The number of hydrogen-bond donors (Lipinski definition) is 10. The van der Waals surface area contributed by atoms with Crippen LogP contribution in [0.1, 0.15) is 23.8 Å². The third-order valence-corrected chi connectivity index (χ3v) is 14.6. The number of anilines is 1. The minimum Gasteiger partial charge on any atom is -0.548 e. The summed E-state index contributed by atoms with van der Waals surface area (Å²) >= 11 is 0. The molecule has 2 aromatic heterocycles. The van der Waals surface area contributed by atoms with Crippen molar-refractivity contribution in [3.8, 4) is 34.5 Å². The number of carboxylic acids is 1. The molecule has 10 aromatic rings. The van der Waals surface area contributed by atoms with Gasteiger partial charge in [-0.05, 0) is 58.8 Å². The molecule has 1 aliphatic rings. The standard InChI is InChI=1S/C30H16O8.C15H22N6O5S/c1-7-3-9(31)19-23-15(7)16-8(2)4-10(32)20-24(16)28-26-18(12(34)6-14(36)22(26)30(20)38)17-11(33)5-13(35)21(29(19)37)25(17)27(23)28;1-27(3-2-7(16)15(24)25)4-8-10(22)11(23)14(26-8)21-6-20-9-12(17)18-5-19-13(9)21/h3-6,33-38H,1-2H3;5-8,10-11,14,22-23H,2-4,16H2,1H3,(H2-,17,18,19,24,25)/t;7?,8-,10-,11-,14-,27?/m.1/s1. The zero-order valence-electron chi connectivity index (χ0n) is 34.4. The SMILES string of the molecule is C[S+](CCC(N)C(=O)[O-])C[C@H]1O[C@@H](n2cnc3c(N)ncnc32)[C@H](O)[C@@H]1O.Cc1cc(=O)c2c(O)c3c(O)cc(O)c4c5c(O)cc(O)c6c(O)c7c(=O)cc(C)c8c1c2c(c34)c(c65)c78. The highest BCUT2D eigenvalue weighted by Crippen LogP contribution is 2.60. The molecule has 0 bridgehead atoms. The number of fused-ring (bicyclic) bond motifs is 3. The van der Waals surface area contributed by atoms with Crippen LogP contribution in [0.3, 0.4) is 0 Å². The maximum absolute atomic E-state index is 13.4. The molecule has 20 heteroatoms. The van der Waals surface area contributed by atoms with Crippen molar-refractivity contribution in [3.05, 3.63) is 68.5 Å². The molecule has 11 rings (SSSR count). The number of aryl methyl sites for hydroxylation is 2. The number of carbonyl (C=O) groups is 1. The summed E-state index contributed by atoms with van der Waals surface area (Å²) < 4.78 is 7.39. The van der Waals surface area contributed by atoms with E-state index in [0.29, 0.717) is 66.1 Å². The molecule has 65 heavy (non-hydrogen) atoms. The van der Waals surface area contributed by atoms with Crippen LogP contribution >= 0.6 is 0 Å². The highest BCUT2D eigenvalue weighted by atomic mass is 32.2. The van der Waals surface area contributed by atoms with Crippen LogP contribution < -0.4 is 27.4 Å². The molecule has 0 amide bonds. The number of aliphatic carboxylic acids is 1. The summed E-state index contributed by atoms with van der Waals surface area (Å²) in [4.78, 5) is 49.5. The summed E-state index contributed by atoms with van der Waals surface area (Å²) in [6.07, 6.45) is 1.17. The summed E-state index contributed by atoms with van der Waals surface area (Å²) in [5.74, 6) is -2.82. The molecular weight excluding hydrogens is 865 g/mol. The summed E-state index contributed by atoms with van der Waals surface area (Å²) in [6.45, 7) is 3.47. The molecule has 0 aliphatic carbocycles. The Balaban J connectivity index is 0.000000163. The zero-order chi connectivity index (χ0) is 46.4. The second kappa shape index (κ2) is 14.4. The van der Waals surface area contributed by atoms with E-state index in [1.165, 1.54) is 29.4 Å².